The Hall–Kier alpha value is -2.35. The Morgan fingerprint density at radius 3 is 2.78 bits per heavy atom. The van der Waals surface area contributed by atoms with E-state index in [1.54, 1.807) is 12.1 Å². The number of thioether (sulfide) groups is 1. The zero-order valence-electron chi connectivity index (χ0n) is 12.3. The molecular formula is C15H16N4O3S. The van der Waals surface area contributed by atoms with Gasteiger partial charge in [0.05, 0.1) is 0 Å². The maximum Gasteiger partial charge on any atom is 0.326 e. The highest BCUT2D eigenvalue weighted by molar-refractivity contribution is 7.98. The fourth-order valence-electron chi connectivity index (χ4n) is 2.59. The van der Waals surface area contributed by atoms with Crippen molar-refractivity contribution in [3.63, 3.8) is 0 Å². The summed E-state index contributed by atoms with van der Waals surface area (Å²) in [5.41, 5.74) is 1.57. The number of carboxylic acids is 1. The van der Waals surface area contributed by atoms with Crippen molar-refractivity contribution in [1.82, 2.24) is 20.1 Å². The maximum atomic E-state index is 12.5. The van der Waals surface area contributed by atoms with E-state index >= 15 is 0 Å². The second-order valence-electron chi connectivity index (χ2n) is 5.27. The number of benzene rings is 1. The third-order valence-corrected chi connectivity index (χ3v) is 4.72. The van der Waals surface area contributed by atoms with Crippen LogP contribution in [-0.4, -0.2) is 49.7 Å². The first-order valence-corrected chi connectivity index (χ1v) is 8.24. The summed E-state index contributed by atoms with van der Waals surface area (Å²) in [7, 11) is 0. The number of aromatic nitrogens is 3. The van der Waals surface area contributed by atoms with Crippen molar-refractivity contribution in [2.75, 3.05) is 6.54 Å². The minimum atomic E-state index is -0.934. The molecule has 1 saturated heterocycles. The van der Waals surface area contributed by atoms with E-state index in [0.717, 1.165) is 17.1 Å². The molecule has 3 rings (SSSR count). The summed E-state index contributed by atoms with van der Waals surface area (Å²) in [5, 5.41) is 16.5. The molecule has 1 aliphatic rings. The number of aromatic amines is 1. The van der Waals surface area contributed by atoms with Gasteiger partial charge in [-0.3, -0.25) is 9.89 Å². The van der Waals surface area contributed by atoms with E-state index < -0.39 is 12.0 Å². The van der Waals surface area contributed by atoms with Crippen molar-refractivity contribution in [1.29, 1.82) is 0 Å². The molecule has 1 aromatic heterocycles. The molecule has 1 amide bonds. The molecule has 2 heterocycles. The summed E-state index contributed by atoms with van der Waals surface area (Å²) in [6, 6.07) is 6.54. The van der Waals surface area contributed by atoms with Crippen molar-refractivity contribution in [3.8, 4) is 0 Å². The summed E-state index contributed by atoms with van der Waals surface area (Å²) in [5.74, 6) is -0.439. The summed E-state index contributed by atoms with van der Waals surface area (Å²) in [6.45, 7) is 0.499. The highest BCUT2D eigenvalue weighted by Crippen LogP contribution is 2.22. The molecule has 0 saturated carbocycles. The van der Waals surface area contributed by atoms with Crippen LogP contribution in [-0.2, 0) is 10.5 Å². The largest absolute Gasteiger partial charge is 0.480 e. The second-order valence-corrected chi connectivity index (χ2v) is 6.24. The monoisotopic (exact) mass is 332 g/mol. The Labute approximate surface area is 137 Å². The van der Waals surface area contributed by atoms with Crippen molar-refractivity contribution >= 4 is 23.6 Å². The number of rotatable bonds is 5. The van der Waals surface area contributed by atoms with Crippen LogP contribution in [0.3, 0.4) is 0 Å². The first-order valence-electron chi connectivity index (χ1n) is 7.26. The Morgan fingerprint density at radius 1 is 1.35 bits per heavy atom. The molecule has 7 nitrogen and oxygen atoms in total. The molecule has 0 unspecified atom stereocenters. The van der Waals surface area contributed by atoms with Crippen LogP contribution >= 0.6 is 11.8 Å². The highest BCUT2D eigenvalue weighted by Gasteiger charge is 2.34. The fraction of sp³-hybridized carbons (Fsp3) is 0.333. The predicted molar refractivity (Wildman–Crippen MR) is 84.1 cm³/mol. The van der Waals surface area contributed by atoms with Crippen LogP contribution in [0.2, 0.25) is 0 Å². The molecular weight excluding hydrogens is 316 g/mol. The molecule has 2 N–H and O–H groups in total. The zero-order chi connectivity index (χ0) is 16.2. The molecule has 0 radical (unpaired) electrons. The van der Waals surface area contributed by atoms with Crippen LogP contribution in [0.15, 0.2) is 35.7 Å². The maximum absolute atomic E-state index is 12.5. The third kappa shape index (κ3) is 3.53. The number of carbonyl (C=O) groups is 2. The lowest BCUT2D eigenvalue weighted by Crippen LogP contribution is -2.40. The first-order chi connectivity index (χ1) is 11.1. The number of aliphatic carboxylic acids is 1. The number of likely N-dealkylation sites (tertiary alicyclic amines) is 1. The van der Waals surface area contributed by atoms with Crippen molar-refractivity contribution < 1.29 is 14.7 Å². The van der Waals surface area contributed by atoms with Gasteiger partial charge in [0.2, 0.25) is 0 Å². The Balaban J connectivity index is 1.64. The van der Waals surface area contributed by atoms with E-state index in [2.05, 4.69) is 15.2 Å². The van der Waals surface area contributed by atoms with E-state index in [0.29, 0.717) is 24.3 Å². The van der Waals surface area contributed by atoms with Gasteiger partial charge in [0.25, 0.3) is 5.91 Å². The minimum absolute atomic E-state index is 0.218. The van der Waals surface area contributed by atoms with E-state index in [1.807, 2.05) is 12.1 Å². The number of hydrogen-bond donors (Lipinski definition) is 2. The Bertz CT molecular complexity index is 687. The van der Waals surface area contributed by atoms with Crippen LogP contribution in [0.4, 0.5) is 0 Å². The molecule has 1 aromatic carbocycles. The van der Waals surface area contributed by atoms with E-state index in [-0.39, 0.29) is 5.91 Å². The van der Waals surface area contributed by atoms with Crippen LogP contribution in [0, 0.1) is 0 Å². The average Bonchev–Trinajstić information content (AvgIpc) is 3.24. The number of carboxylic acid groups (broad SMARTS) is 1. The molecule has 1 fully saturated rings. The van der Waals surface area contributed by atoms with Gasteiger partial charge in [0.15, 0.2) is 5.16 Å². The van der Waals surface area contributed by atoms with Gasteiger partial charge in [0, 0.05) is 17.9 Å². The van der Waals surface area contributed by atoms with E-state index in [4.69, 9.17) is 0 Å². The summed E-state index contributed by atoms with van der Waals surface area (Å²) >= 11 is 1.52. The van der Waals surface area contributed by atoms with Gasteiger partial charge in [-0.15, -0.1) is 0 Å². The van der Waals surface area contributed by atoms with Crippen LogP contribution < -0.4 is 0 Å². The number of nitrogens with one attached hydrogen (secondary N) is 1. The van der Waals surface area contributed by atoms with Gasteiger partial charge in [-0.2, -0.15) is 5.10 Å². The second kappa shape index (κ2) is 6.82. The van der Waals surface area contributed by atoms with Gasteiger partial charge in [-0.1, -0.05) is 23.9 Å². The topological polar surface area (TPSA) is 99.2 Å². The van der Waals surface area contributed by atoms with Crippen molar-refractivity contribution in [2.24, 2.45) is 0 Å². The van der Waals surface area contributed by atoms with Gasteiger partial charge in [-0.25, -0.2) is 9.78 Å². The minimum Gasteiger partial charge on any atom is -0.480 e. The number of nitrogens with zero attached hydrogens (tertiary/aromatic N) is 3. The first kappa shape index (κ1) is 15.5. The molecule has 1 aliphatic heterocycles. The molecule has 120 valence electrons. The molecule has 0 bridgehead atoms. The van der Waals surface area contributed by atoms with Crippen LogP contribution in [0.1, 0.15) is 28.8 Å². The normalized spacial score (nSPS) is 17.4. The van der Waals surface area contributed by atoms with Gasteiger partial charge >= 0.3 is 5.97 Å². The summed E-state index contributed by atoms with van der Waals surface area (Å²) < 4.78 is 0. The third-order valence-electron chi connectivity index (χ3n) is 3.77. The quantitative estimate of drug-likeness (QED) is 0.810. The van der Waals surface area contributed by atoms with Gasteiger partial charge in [-0.05, 0) is 30.5 Å². The van der Waals surface area contributed by atoms with E-state index in [9.17, 15) is 14.7 Å². The average molecular weight is 332 g/mol. The standard InChI is InChI=1S/C15H16N4O3S/c20-13(19-7-1-2-12(19)14(21)22)11-5-3-10(4-6-11)8-23-15-16-9-17-18-15/h3-6,9,12H,1-2,7-8H2,(H,21,22)(H,16,17,18)/t12-/m1/s1. The number of hydrogen-bond acceptors (Lipinski definition) is 5. The SMILES string of the molecule is O=C(O)[C@H]1CCCN1C(=O)c1ccc(CSc2ncn[nH]2)cc1. The lowest BCUT2D eigenvalue weighted by Gasteiger charge is -2.21. The highest BCUT2D eigenvalue weighted by atomic mass is 32.2. The fourth-order valence-corrected chi connectivity index (χ4v) is 3.33. The molecule has 8 heteroatoms. The number of amides is 1. The van der Waals surface area contributed by atoms with Crippen molar-refractivity contribution in [2.45, 2.75) is 29.8 Å². The van der Waals surface area contributed by atoms with Crippen LogP contribution in [0.5, 0.6) is 0 Å². The van der Waals surface area contributed by atoms with E-state index in [1.165, 1.54) is 23.0 Å². The summed E-state index contributed by atoms with van der Waals surface area (Å²) in [4.78, 5) is 29.1. The molecule has 2 aromatic rings. The molecule has 0 aliphatic carbocycles. The van der Waals surface area contributed by atoms with Crippen LogP contribution in [0.25, 0.3) is 0 Å². The van der Waals surface area contributed by atoms with Gasteiger partial charge in [0.1, 0.15) is 12.4 Å². The molecule has 0 spiro atoms. The summed E-state index contributed by atoms with van der Waals surface area (Å²) in [6.07, 6.45) is 2.71. The lowest BCUT2D eigenvalue weighted by atomic mass is 10.1. The Morgan fingerprint density at radius 2 is 2.13 bits per heavy atom. The van der Waals surface area contributed by atoms with Crippen molar-refractivity contribution in [3.05, 3.63) is 41.7 Å². The number of carbonyl (C=O) groups excluding carboxylic acids is 1. The Kier molecular flexibility index (Phi) is 4.61. The number of H-pyrrole nitrogens is 1. The smallest absolute Gasteiger partial charge is 0.326 e. The zero-order valence-corrected chi connectivity index (χ0v) is 13.1. The lowest BCUT2D eigenvalue weighted by molar-refractivity contribution is -0.141. The molecule has 23 heavy (non-hydrogen) atoms. The molecule has 1 atom stereocenters. The van der Waals surface area contributed by atoms with Gasteiger partial charge < -0.3 is 10.0 Å². The predicted octanol–water partition coefficient (Wildman–Crippen LogP) is 1.79.